The van der Waals surface area contributed by atoms with Crippen LogP contribution in [0, 0.1) is 0 Å². The zero-order chi connectivity index (χ0) is 7.98. The Kier molecular flexibility index (Phi) is 6.16. The summed E-state index contributed by atoms with van der Waals surface area (Å²) in [4.78, 5) is 13.1. The van der Waals surface area contributed by atoms with Crippen LogP contribution in [0.2, 0.25) is 4.47 Å². The van der Waals surface area contributed by atoms with Gasteiger partial charge in [0.15, 0.2) is 0 Å². The van der Waals surface area contributed by atoms with Gasteiger partial charge in [-0.3, -0.25) is 0 Å². The van der Waals surface area contributed by atoms with Gasteiger partial charge in [-0.25, -0.2) is 0 Å². The molecular formula is C7H15NOTe. The maximum absolute atomic E-state index is 11.2. The molecule has 10 heavy (non-hydrogen) atoms. The van der Waals surface area contributed by atoms with Crippen molar-refractivity contribution < 1.29 is 4.79 Å². The number of hydrogen-bond acceptors (Lipinski definition) is 1. The first kappa shape index (κ1) is 10.3. The van der Waals surface area contributed by atoms with Gasteiger partial charge < -0.3 is 0 Å². The van der Waals surface area contributed by atoms with Crippen molar-refractivity contribution in [2.45, 2.75) is 25.2 Å². The Morgan fingerprint density at radius 1 is 1.30 bits per heavy atom. The molecule has 0 fully saturated rings. The molecule has 0 N–H and O–H groups in total. The van der Waals surface area contributed by atoms with Gasteiger partial charge in [-0.2, -0.15) is 0 Å². The fourth-order valence-electron chi connectivity index (χ4n) is 0.697. The van der Waals surface area contributed by atoms with E-state index in [9.17, 15) is 4.79 Å². The maximum atomic E-state index is 11.2. The molecule has 0 saturated carbocycles. The molecule has 0 atom stereocenters. The van der Waals surface area contributed by atoms with E-state index in [4.69, 9.17) is 0 Å². The summed E-state index contributed by atoms with van der Waals surface area (Å²) in [5.74, 6) is 0. The first-order valence-corrected chi connectivity index (χ1v) is 6.49. The molecule has 0 saturated heterocycles. The zero-order valence-corrected chi connectivity index (χ0v) is 9.22. The average Bonchev–Trinajstić information content (AvgIpc) is 1.91. The molecule has 0 spiro atoms. The van der Waals surface area contributed by atoms with Crippen LogP contribution in [0.15, 0.2) is 0 Å². The minimum absolute atomic E-state index is 0.364. The van der Waals surface area contributed by atoms with Crippen molar-refractivity contribution in [3.63, 3.8) is 0 Å². The Labute approximate surface area is 73.1 Å². The third-order valence-electron chi connectivity index (χ3n) is 1.29. The number of hydrogen-bond donors (Lipinski definition) is 0. The second-order valence-electron chi connectivity index (χ2n) is 1.87. The summed E-state index contributed by atoms with van der Waals surface area (Å²) >= 11 is -0.364. The van der Waals surface area contributed by atoms with E-state index in [0.29, 0.717) is 3.96 Å². The van der Waals surface area contributed by atoms with Crippen LogP contribution in [0.25, 0.3) is 0 Å². The van der Waals surface area contributed by atoms with Crippen molar-refractivity contribution in [2.24, 2.45) is 0 Å². The fourth-order valence-corrected chi connectivity index (χ4v) is 2.66. The van der Waals surface area contributed by atoms with Crippen molar-refractivity contribution >= 4 is 24.9 Å². The molecule has 0 radical (unpaired) electrons. The third kappa shape index (κ3) is 3.43. The summed E-state index contributed by atoms with van der Waals surface area (Å²) in [6.07, 6.45) is 0. The molecule has 0 aromatic heterocycles. The van der Waals surface area contributed by atoms with Gasteiger partial charge in [0.25, 0.3) is 0 Å². The van der Waals surface area contributed by atoms with Crippen LogP contribution in [-0.2, 0) is 0 Å². The molecule has 0 aliphatic carbocycles. The number of nitrogens with zero attached hydrogens (tertiary/aromatic N) is 1. The molecule has 0 bridgehead atoms. The van der Waals surface area contributed by atoms with Crippen molar-refractivity contribution in [1.82, 2.24) is 4.90 Å². The van der Waals surface area contributed by atoms with Gasteiger partial charge in [-0.1, -0.05) is 0 Å². The van der Waals surface area contributed by atoms with Crippen LogP contribution < -0.4 is 0 Å². The van der Waals surface area contributed by atoms with Crippen LogP contribution >= 0.6 is 0 Å². The molecule has 2 nitrogen and oxygen atoms in total. The molecule has 0 rings (SSSR count). The fraction of sp³-hybridized carbons (Fsp3) is 0.857. The molecule has 3 heteroatoms. The average molecular weight is 257 g/mol. The van der Waals surface area contributed by atoms with Gasteiger partial charge in [0.05, 0.1) is 0 Å². The van der Waals surface area contributed by atoms with E-state index < -0.39 is 0 Å². The predicted octanol–water partition coefficient (Wildman–Crippen LogP) is 1.59. The van der Waals surface area contributed by atoms with Crippen molar-refractivity contribution in [3.05, 3.63) is 0 Å². The quantitative estimate of drug-likeness (QED) is 0.700. The Morgan fingerprint density at radius 3 is 2.10 bits per heavy atom. The molecule has 60 valence electrons. The van der Waals surface area contributed by atoms with Gasteiger partial charge in [-0.15, -0.1) is 0 Å². The van der Waals surface area contributed by atoms with E-state index in [-0.39, 0.29) is 20.9 Å². The summed E-state index contributed by atoms with van der Waals surface area (Å²) in [6, 6.07) is 0. The van der Waals surface area contributed by atoms with Crippen LogP contribution in [-0.4, -0.2) is 42.9 Å². The molecular weight excluding hydrogens is 242 g/mol. The zero-order valence-electron chi connectivity index (χ0n) is 6.89. The van der Waals surface area contributed by atoms with E-state index in [2.05, 4.69) is 6.92 Å². The molecule has 0 aromatic carbocycles. The molecule has 0 aromatic rings. The molecule has 0 unspecified atom stereocenters. The van der Waals surface area contributed by atoms with Crippen molar-refractivity contribution in [2.75, 3.05) is 13.1 Å². The number of rotatable bonds is 4. The molecule has 0 heterocycles. The SMILES string of the molecule is CC[Te]C(=O)N(CC)CC. The topological polar surface area (TPSA) is 20.3 Å². The first-order valence-electron chi connectivity index (χ1n) is 3.67. The predicted molar refractivity (Wildman–Crippen MR) is 44.6 cm³/mol. The van der Waals surface area contributed by atoms with Gasteiger partial charge in [0.1, 0.15) is 0 Å². The summed E-state index contributed by atoms with van der Waals surface area (Å²) in [7, 11) is 0. The van der Waals surface area contributed by atoms with Crippen molar-refractivity contribution in [1.29, 1.82) is 0 Å². The first-order chi connectivity index (χ1) is 4.76. The summed E-state index contributed by atoms with van der Waals surface area (Å²) in [6.45, 7) is 7.90. The summed E-state index contributed by atoms with van der Waals surface area (Å²) in [5, 5.41) is 0. The van der Waals surface area contributed by atoms with Crippen molar-refractivity contribution in [3.8, 4) is 0 Å². The van der Waals surface area contributed by atoms with E-state index >= 15 is 0 Å². The molecule has 0 aliphatic rings. The standard InChI is InChI=1S/C7H15NOTe/c1-4-8(5-2)7(9)10-6-3/h4-6H2,1-3H3. The van der Waals surface area contributed by atoms with Crippen LogP contribution in [0.1, 0.15) is 20.8 Å². The number of carbonyl (C=O) groups is 1. The van der Waals surface area contributed by atoms with Crippen LogP contribution in [0.4, 0.5) is 4.79 Å². The summed E-state index contributed by atoms with van der Waals surface area (Å²) < 4.78 is 1.50. The van der Waals surface area contributed by atoms with Crippen LogP contribution in [0.3, 0.4) is 0 Å². The number of amides is 1. The van der Waals surface area contributed by atoms with Gasteiger partial charge in [0.2, 0.25) is 0 Å². The number of carbonyl (C=O) groups excluding carboxylic acids is 1. The second-order valence-corrected chi connectivity index (χ2v) is 5.34. The van der Waals surface area contributed by atoms with Gasteiger partial charge >= 0.3 is 72.9 Å². The van der Waals surface area contributed by atoms with E-state index in [1.165, 1.54) is 0 Å². The Morgan fingerprint density at radius 2 is 1.80 bits per heavy atom. The van der Waals surface area contributed by atoms with Gasteiger partial charge in [-0.05, 0) is 0 Å². The normalized spacial score (nSPS) is 9.50. The minimum atomic E-state index is -0.364. The Hall–Kier alpha value is 0.260. The Balaban J connectivity index is 3.65. The second kappa shape index (κ2) is 6.00. The molecule has 0 aliphatic heterocycles. The monoisotopic (exact) mass is 259 g/mol. The van der Waals surface area contributed by atoms with E-state index in [1.54, 1.807) is 0 Å². The Bertz CT molecular complexity index is 102. The third-order valence-corrected chi connectivity index (χ3v) is 3.56. The van der Waals surface area contributed by atoms with E-state index in [1.807, 2.05) is 18.7 Å². The van der Waals surface area contributed by atoms with Crippen LogP contribution in [0.5, 0.6) is 0 Å². The van der Waals surface area contributed by atoms with E-state index in [0.717, 1.165) is 17.6 Å². The van der Waals surface area contributed by atoms with Gasteiger partial charge in [0, 0.05) is 0 Å². The molecule has 1 amide bonds. The summed E-state index contributed by atoms with van der Waals surface area (Å²) in [5.41, 5.74) is 0.